The normalized spacial score (nSPS) is 16.5. The van der Waals surface area contributed by atoms with Crippen LogP contribution in [-0.4, -0.2) is 28.2 Å². The van der Waals surface area contributed by atoms with Gasteiger partial charge in [0.15, 0.2) is 0 Å². The number of nitrogens with one attached hydrogen (secondary N) is 2. The van der Waals surface area contributed by atoms with Crippen LogP contribution in [0.4, 0.5) is 0 Å². The number of hydrogen-bond acceptors (Lipinski definition) is 5. The average molecular weight is 418 g/mol. The zero-order valence-electron chi connectivity index (χ0n) is 14.8. The Bertz CT molecular complexity index is 977. The van der Waals surface area contributed by atoms with Crippen LogP contribution in [0.5, 0.6) is 0 Å². The summed E-state index contributed by atoms with van der Waals surface area (Å²) < 4.78 is 2.12. The lowest BCUT2D eigenvalue weighted by Gasteiger charge is -2.21. The molecule has 0 radical (unpaired) electrons. The van der Waals surface area contributed by atoms with Crippen molar-refractivity contribution in [2.45, 2.75) is 39.4 Å². The molecule has 1 aliphatic heterocycles. The summed E-state index contributed by atoms with van der Waals surface area (Å²) in [6.07, 6.45) is 2.86. The number of fused-ring (bicyclic) bond motifs is 1. The largest absolute Gasteiger partial charge is 0.353 e. The quantitative estimate of drug-likeness (QED) is 0.798. The molecule has 1 atom stereocenters. The van der Waals surface area contributed by atoms with Crippen molar-refractivity contribution in [1.29, 1.82) is 0 Å². The van der Waals surface area contributed by atoms with E-state index >= 15 is 0 Å². The molecule has 0 bridgehead atoms. The van der Waals surface area contributed by atoms with E-state index in [0.717, 1.165) is 21.1 Å². The smallest absolute Gasteiger partial charge is 0.275 e. The molecule has 1 aromatic heterocycles. The number of carbonyl (C=O) groups excluding carboxylic acids is 1. The van der Waals surface area contributed by atoms with Crippen molar-refractivity contribution in [3.05, 3.63) is 50.5 Å². The maximum absolute atomic E-state index is 12.8. The van der Waals surface area contributed by atoms with Gasteiger partial charge in [0.05, 0.1) is 17.4 Å². The molecule has 1 aromatic carbocycles. The van der Waals surface area contributed by atoms with Gasteiger partial charge in [-0.1, -0.05) is 29.8 Å². The van der Waals surface area contributed by atoms with E-state index in [1.54, 1.807) is 12.3 Å². The predicted octanol–water partition coefficient (Wildman–Crippen LogP) is 2.26. The highest BCUT2D eigenvalue weighted by molar-refractivity contribution is 9.10. The standard InChI is InChI=1S/C18H20BrN5O2/c1-10(2)16-14-6-12(19)4-5-13(14)18(26)24(23-16)8-15(25)22-17-11(3)7-20-9-21-17/h4-7,9-10,17H,8H2,1-3H3,(H,20,21)(H,22,25). The molecule has 1 unspecified atom stereocenters. The van der Waals surface area contributed by atoms with Gasteiger partial charge in [-0.25, -0.2) is 9.67 Å². The van der Waals surface area contributed by atoms with Gasteiger partial charge in [0.1, 0.15) is 12.7 Å². The lowest BCUT2D eigenvalue weighted by molar-refractivity contribution is -0.122. The molecule has 2 aromatic rings. The Morgan fingerprint density at radius 1 is 1.38 bits per heavy atom. The van der Waals surface area contributed by atoms with E-state index in [1.807, 2.05) is 32.9 Å². The van der Waals surface area contributed by atoms with Crippen LogP contribution in [0.15, 0.2) is 44.2 Å². The minimum atomic E-state index is -0.336. The van der Waals surface area contributed by atoms with Crippen LogP contribution in [0, 0.1) is 0 Å². The zero-order valence-corrected chi connectivity index (χ0v) is 16.4. The summed E-state index contributed by atoms with van der Waals surface area (Å²) in [6.45, 7) is 5.74. The van der Waals surface area contributed by atoms with Gasteiger partial charge in [0.25, 0.3) is 5.56 Å². The Hall–Kier alpha value is -2.48. The summed E-state index contributed by atoms with van der Waals surface area (Å²) in [5.41, 5.74) is 1.39. The second-order valence-electron chi connectivity index (χ2n) is 6.51. The molecule has 2 N–H and O–H groups in total. The lowest BCUT2D eigenvalue weighted by Crippen LogP contribution is -2.48. The molecule has 0 fully saturated rings. The molecule has 3 rings (SSSR count). The van der Waals surface area contributed by atoms with Crippen molar-refractivity contribution in [1.82, 2.24) is 20.4 Å². The number of nitrogens with zero attached hydrogens (tertiary/aromatic N) is 3. The Balaban J connectivity index is 1.92. The summed E-state index contributed by atoms with van der Waals surface area (Å²) in [5.74, 6) is -0.186. The molecule has 0 aliphatic carbocycles. The highest BCUT2D eigenvalue weighted by atomic mass is 79.9. The third kappa shape index (κ3) is 3.70. The average Bonchev–Trinajstić information content (AvgIpc) is 2.59. The summed E-state index contributed by atoms with van der Waals surface area (Å²) in [6, 6.07) is 5.47. The number of benzene rings is 1. The first kappa shape index (κ1) is 18.3. The SMILES string of the molecule is CC1=CN=CNC1NC(=O)Cn1nc(C(C)C)c2cc(Br)ccc2c1=O. The van der Waals surface area contributed by atoms with Crippen molar-refractivity contribution >= 4 is 38.9 Å². The van der Waals surface area contributed by atoms with Gasteiger partial charge in [-0.05, 0) is 36.6 Å². The van der Waals surface area contributed by atoms with Gasteiger partial charge in [-0.3, -0.25) is 9.59 Å². The third-order valence-corrected chi connectivity index (χ3v) is 4.64. The van der Waals surface area contributed by atoms with Crippen molar-refractivity contribution in [2.24, 2.45) is 4.99 Å². The van der Waals surface area contributed by atoms with E-state index in [9.17, 15) is 9.59 Å². The molecule has 0 spiro atoms. The van der Waals surface area contributed by atoms with Crippen molar-refractivity contribution < 1.29 is 4.79 Å². The highest BCUT2D eigenvalue weighted by Gasteiger charge is 2.18. The minimum Gasteiger partial charge on any atom is -0.353 e. The Kier molecular flexibility index (Phi) is 5.22. The summed E-state index contributed by atoms with van der Waals surface area (Å²) in [4.78, 5) is 29.1. The minimum absolute atomic E-state index is 0.114. The van der Waals surface area contributed by atoms with Crippen LogP contribution >= 0.6 is 15.9 Å². The van der Waals surface area contributed by atoms with Crippen LogP contribution in [0.2, 0.25) is 0 Å². The van der Waals surface area contributed by atoms with Crippen LogP contribution < -0.4 is 16.2 Å². The number of hydrogen-bond donors (Lipinski definition) is 2. The number of halogens is 1. The predicted molar refractivity (Wildman–Crippen MR) is 105 cm³/mol. The highest BCUT2D eigenvalue weighted by Crippen LogP contribution is 2.24. The van der Waals surface area contributed by atoms with Crippen LogP contribution in [0.25, 0.3) is 10.8 Å². The van der Waals surface area contributed by atoms with Crippen molar-refractivity contribution in [2.75, 3.05) is 0 Å². The molecular formula is C18H20BrN5O2. The maximum atomic E-state index is 12.8. The van der Waals surface area contributed by atoms with Crippen LogP contribution in [0.1, 0.15) is 32.4 Å². The Labute approximate surface area is 159 Å². The van der Waals surface area contributed by atoms with E-state index in [1.165, 1.54) is 11.0 Å². The molecule has 7 nitrogen and oxygen atoms in total. The molecular weight excluding hydrogens is 398 g/mol. The van der Waals surface area contributed by atoms with Crippen molar-refractivity contribution in [3.8, 4) is 0 Å². The number of aromatic nitrogens is 2. The van der Waals surface area contributed by atoms with Crippen molar-refractivity contribution in [3.63, 3.8) is 0 Å². The first-order chi connectivity index (χ1) is 12.4. The van der Waals surface area contributed by atoms with Gasteiger partial charge < -0.3 is 10.6 Å². The molecule has 0 saturated carbocycles. The number of amides is 1. The second kappa shape index (κ2) is 7.41. The molecule has 8 heteroatoms. The van der Waals surface area contributed by atoms with E-state index in [0.29, 0.717) is 5.39 Å². The van der Waals surface area contributed by atoms with Gasteiger partial charge in [0.2, 0.25) is 5.91 Å². The number of aliphatic imine (C=N–C) groups is 1. The van der Waals surface area contributed by atoms with E-state index in [4.69, 9.17) is 0 Å². The number of rotatable bonds is 4. The first-order valence-electron chi connectivity index (χ1n) is 8.31. The fourth-order valence-corrected chi connectivity index (χ4v) is 3.15. The first-order valence-corrected chi connectivity index (χ1v) is 9.10. The monoisotopic (exact) mass is 417 g/mol. The fraction of sp³-hybridized carbons (Fsp3) is 0.333. The zero-order chi connectivity index (χ0) is 18.8. The molecule has 136 valence electrons. The van der Waals surface area contributed by atoms with Crippen LogP contribution in [0.3, 0.4) is 0 Å². The molecule has 1 amide bonds. The fourth-order valence-electron chi connectivity index (χ4n) is 2.79. The Morgan fingerprint density at radius 3 is 2.85 bits per heavy atom. The lowest BCUT2D eigenvalue weighted by atomic mass is 10.0. The second-order valence-corrected chi connectivity index (χ2v) is 7.43. The van der Waals surface area contributed by atoms with Gasteiger partial charge in [-0.2, -0.15) is 5.10 Å². The molecule has 0 saturated heterocycles. The molecule has 2 heterocycles. The van der Waals surface area contributed by atoms with Gasteiger partial charge in [0, 0.05) is 16.1 Å². The summed E-state index contributed by atoms with van der Waals surface area (Å²) >= 11 is 3.44. The maximum Gasteiger partial charge on any atom is 0.275 e. The summed E-state index contributed by atoms with van der Waals surface area (Å²) in [7, 11) is 0. The van der Waals surface area contributed by atoms with E-state index < -0.39 is 0 Å². The number of carbonyl (C=O) groups is 1. The van der Waals surface area contributed by atoms with Gasteiger partial charge in [-0.15, -0.1) is 0 Å². The van der Waals surface area contributed by atoms with Gasteiger partial charge >= 0.3 is 0 Å². The third-order valence-electron chi connectivity index (χ3n) is 4.15. The van der Waals surface area contributed by atoms with E-state index in [-0.39, 0.29) is 30.1 Å². The van der Waals surface area contributed by atoms with Crippen LogP contribution in [-0.2, 0) is 11.3 Å². The van der Waals surface area contributed by atoms with E-state index in [2.05, 4.69) is 36.7 Å². The molecule has 26 heavy (non-hydrogen) atoms. The topological polar surface area (TPSA) is 88.4 Å². The molecule has 1 aliphatic rings. The summed E-state index contributed by atoms with van der Waals surface area (Å²) in [5, 5.41) is 11.6. The Morgan fingerprint density at radius 2 is 2.15 bits per heavy atom.